The minimum absolute atomic E-state index is 0.0841. The zero-order chi connectivity index (χ0) is 12.9. The maximum atomic E-state index is 11.2. The van der Waals surface area contributed by atoms with Crippen LogP contribution in [0.3, 0.4) is 0 Å². The molecule has 4 nitrogen and oxygen atoms in total. The molecule has 0 unspecified atom stereocenters. The highest BCUT2D eigenvalue weighted by molar-refractivity contribution is 5.73. The van der Waals surface area contributed by atoms with Gasteiger partial charge in [-0.15, -0.1) is 0 Å². The predicted molar refractivity (Wildman–Crippen MR) is 65.4 cm³/mol. The summed E-state index contributed by atoms with van der Waals surface area (Å²) in [6.07, 6.45) is 5.77. The summed E-state index contributed by atoms with van der Waals surface area (Å²) in [5.41, 5.74) is -0.558. The van der Waals surface area contributed by atoms with E-state index in [1.165, 1.54) is 33.1 Å². The van der Waals surface area contributed by atoms with Crippen molar-refractivity contribution in [3.8, 4) is 0 Å². The number of rotatable bonds is 4. The number of carbonyl (C=O) groups excluding carboxylic acids is 2. The van der Waals surface area contributed by atoms with E-state index in [1.807, 2.05) is 6.92 Å². The van der Waals surface area contributed by atoms with Gasteiger partial charge >= 0.3 is 5.97 Å². The Bertz CT molecular complexity index is 284. The molecular formula is C13H23NO3. The predicted octanol–water partition coefficient (Wildman–Crippen LogP) is 2.02. The Morgan fingerprint density at radius 1 is 1.24 bits per heavy atom. The first-order chi connectivity index (χ1) is 7.94. The highest BCUT2D eigenvalue weighted by Crippen LogP contribution is 2.34. The van der Waals surface area contributed by atoms with Crippen LogP contribution in [0.2, 0.25) is 0 Å². The summed E-state index contributed by atoms with van der Waals surface area (Å²) < 4.78 is 5.47. The lowest BCUT2D eigenvalue weighted by atomic mass is 9.77. The molecule has 17 heavy (non-hydrogen) atoms. The summed E-state index contributed by atoms with van der Waals surface area (Å²) >= 11 is 0. The topological polar surface area (TPSA) is 55.4 Å². The fourth-order valence-electron chi connectivity index (χ4n) is 2.61. The first kappa shape index (κ1) is 14.0. The third-order valence-electron chi connectivity index (χ3n) is 3.53. The molecule has 0 aromatic rings. The van der Waals surface area contributed by atoms with E-state index in [4.69, 9.17) is 4.74 Å². The smallest absolute Gasteiger partial charge is 0.303 e. The molecule has 1 atom stereocenters. The number of hydrogen-bond donors (Lipinski definition) is 1. The molecule has 0 heterocycles. The summed E-state index contributed by atoms with van der Waals surface area (Å²) in [5.74, 6) is -0.00499. The first-order valence-corrected chi connectivity index (χ1v) is 6.38. The Labute approximate surface area is 103 Å². The van der Waals surface area contributed by atoms with Gasteiger partial charge in [0.05, 0.1) is 6.54 Å². The van der Waals surface area contributed by atoms with Crippen LogP contribution in [0.1, 0.15) is 52.9 Å². The summed E-state index contributed by atoms with van der Waals surface area (Å²) in [7, 11) is 0. The normalized spacial score (nSPS) is 20.4. The summed E-state index contributed by atoms with van der Waals surface area (Å²) in [6, 6.07) is 0. The average Bonchev–Trinajstić information content (AvgIpc) is 2.27. The minimum atomic E-state index is -0.558. The van der Waals surface area contributed by atoms with E-state index in [-0.39, 0.29) is 11.9 Å². The number of amides is 1. The summed E-state index contributed by atoms with van der Waals surface area (Å²) in [5, 5.41) is 2.77. The minimum Gasteiger partial charge on any atom is -0.457 e. The van der Waals surface area contributed by atoms with Crippen molar-refractivity contribution in [2.45, 2.75) is 58.5 Å². The molecule has 0 bridgehead atoms. The van der Waals surface area contributed by atoms with E-state index in [2.05, 4.69) is 5.32 Å². The van der Waals surface area contributed by atoms with Gasteiger partial charge in [-0.2, -0.15) is 0 Å². The lowest BCUT2D eigenvalue weighted by molar-refractivity contribution is -0.163. The number of esters is 1. The fourth-order valence-corrected chi connectivity index (χ4v) is 2.61. The van der Waals surface area contributed by atoms with E-state index in [0.29, 0.717) is 12.5 Å². The number of ether oxygens (including phenoxy) is 1. The van der Waals surface area contributed by atoms with Gasteiger partial charge in [-0.3, -0.25) is 9.59 Å². The van der Waals surface area contributed by atoms with Crippen molar-refractivity contribution < 1.29 is 14.3 Å². The second-order valence-corrected chi connectivity index (χ2v) is 5.15. The molecule has 0 aromatic carbocycles. The van der Waals surface area contributed by atoms with Crippen LogP contribution in [0.25, 0.3) is 0 Å². The maximum Gasteiger partial charge on any atom is 0.303 e. The molecule has 1 fully saturated rings. The van der Waals surface area contributed by atoms with Crippen molar-refractivity contribution in [2.75, 3.05) is 6.54 Å². The highest BCUT2D eigenvalue weighted by atomic mass is 16.6. The van der Waals surface area contributed by atoms with Gasteiger partial charge in [0.2, 0.25) is 5.91 Å². The van der Waals surface area contributed by atoms with Gasteiger partial charge in [0.15, 0.2) is 0 Å². The van der Waals surface area contributed by atoms with Gasteiger partial charge in [0.25, 0.3) is 0 Å². The van der Waals surface area contributed by atoms with Crippen LogP contribution in [-0.4, -0.2) is 24.0 Å². The Morgan fingerprint density at radius 3 is 2.29 bits per heavy atom. The number of carbonyl (C=O) groups is 2. The Hall–Kier alpha value is -1.06. The van der Waals surface area contributed by atoms with E-state index in [0.717, 1.165) is 12.8 Å². The molecule has 1 saturated carbocycles. The molecule has 0 aliphatic heterocycles. The summed E-state index contributed by atoms with van der Waals surface area (Å²) in [6.45, 7) is 5.25. The second-order valence-electron chi connectivity index (χ2n) is 5.15. The van der Waals surface area contributed by atoms with Crippen molar-refractivity contribution >= 4 is 11.9 Å². The van der Waals surface area contributed by atoms with Gasteiger partial charge in [-0.25, -0.2) is 0 Å². The van der Waals surface area contributed by atoms with Crippen LogP contribution in [0.4, 0.5) is 0 Å². The lowest BCUT2D eigenvalue weighted by Crippen LogP contribution is -2.49. The van der Waals surface area contributed by atoms with Gasteiger partial charge < -0.3 is 10.1 Å². The van der Waals surface area contributed by atoms with Crippen molar-refractivity contribution in [1.82, 2.24) is 5.32 Å². The van der Waals surface area contributed by atoms with Gasteiger partial charge in [0, 0.05) is 19.8 Å². The highest BCUT2D eigenvalue weighted by Gasteiger charge is 2.37. The zero-order valence-corrected chi connectivity index (χ0v) is 11.0. The molecule has 98 valence electrons. The van der Waals surface area contributed by atoms with Gasteiger partial charge in [-0.1, -0.05) is 19.3 Å². The molecule has 1 aliphatic rings. The van der Waals surface area contributed by atoms with Crippen LogP contribution in [0.15, 0.2) is 0 Å². The van der Waals surface area contributed by atoms with Crippen molar-refractivity contribution in [1.29, 1.82) is 0 Å². The second kappa shape index (κ2) is 6.03. The number of nitrogens with one attached hydrogen (secondary N) is 1. The molecular weight excluding hydrogens is 218 g/mol. The Balaban J connectivity index is 2.68. The largest absolute Gasteiger partial charge is 0.457 e. The molecule has 4 heteroatoms. The SMILES string of the molecule is CC(=O)NC[C@](C)(OC(C)=O)C1CCCCC1. The zero-order valence-electron chi connectivity index (χ0n) is 11.0. The van der Waals surface area contributed by atoms with Crippen LogP contribution >= 0.6 is 0 Å². The van der Waals surface area contributed by atoms with E-state index < -0.39 is 5.60 Å². The maximum absolute atomic E-state index is 11.2. The van der Waals surface area contributed by atoms with E-state index in [9.17, 15) is 9.59 Å². The molecule has 0 saturated heterocycles. The monoisotopic (exact) mass is 241 g/mol. The summed E-state index contributed by atoms with van der Waals surface area (Å²) in [4.78, 5) is 22.2. The third-order valence-corrected chi connectivity index (χ3v) is 3.53. The van der Waals surface area contributed by atoms with Crippen molar-refractivity contribution in [2.24, 2.45) is 5.92 Å². The molecule has 1 aliphatic carbocycles. The van der Waals surface area contributed by atoms with Crippen LogP contribution in [-0.2, 0) is 14.3 Å². The average molecular weight is 241 g/mol. The van der Waals surface area contributed by atoms with Crippen LogP contribution < -0.4 is 5.32 Å². The quantitative estimate of drug-likeness (QED) is 0.766. The molecule has 1 N–H and O–H groups in total. The standard InChI is InChI=1S/C13H23NO3/c1-10(15)14-9-13(3,17-11(2)16)12-7-5-4-6-8-12/h12H,4-9H2,1-3H3,(H,14,15)/t13-/m0/s1. The molecule has 1 rings (SSSR count). The van der Waals surface area contributed by atoms with Crippen LogP contribution in [0.5, 0.6) is 0 Å². The van der Waals surface area contributed by atoms with Gasteiger partial charge in [-0.05, 0) is 19.8 Å². The molecule has 0 radical (unpaired) electrons. The first-order valence-electron chi connectivity index (χ1n) is 6.38. The van der Waals surface area contributed by atoms with E-state index >= 15 is 0 Å². The molecule has 1 amide bonds. The van der Waals surface area contributed by atoms with E-state index in [1.54, 1.807) is 0 Å². The molecule has 0 spiro atoms. The number of hydrogen-bond acceptors (Lipinski definition) is 3. The Kier molecular flexibility index (Phi) is 4.97. The Morgan fingerprint density at radius 2 is 1.82 bits per heavy atom. The van der Waals surface area contributed by atoms with Crippen LogP contribution in [0, 0.1) is 5.92 Å². The van der Waals surface area contributed by atoms with Crippen molar-refractivity contribution in [3.63, 3.8) is 0 Å². The van der Waals surface area contributed by atoms with Crippen molar-refractivity contribution in [3.05, 3.63) is 0 Å². The molecule has 0 aromatic heterocycles. The third kappa shape index (κ3) is 4.36. The van der Waals surface area contributed by atoms with Gasteiger partial charge in [0.1, 0.15) is 5.60 Å². The lowest BCUT2D eigenvalue weighted by Gasteiger charge is -2.39. The fraction of sp³-hybridized carbons (Fsp3) is 0.846.